The fraction of sp³-hybridized carbons (Fsp3) is 0.800. The molecule has 3 rings (SSSR count). The lowest BCUT2D eigenvalue weighted by Crippen LogP contribution is -2.56. The molecule has 2 atom stereocenters. The molecule has 3 aliphatic rings. The highest BCUT2D eigenvalue weighted by atomic mass is 32.3. The molecule has 11 nitrogen and oxygen atoms in total. The molecule has 2 saturated heterocycles. The van der Waals surface area contributed by atoms with Gasteiger partial charge >= 0.3 is 16.4 Å². The minimum Gasteiger partial charge on any atom is -0.309 e. The fourth-order valence-corrected chi connectivity index (χ4v) is 4.33. The molecule has 4 amide bonds. The Kier molecular flexibility index (Phi) is 5.32. The maximum absolute atomic E-state index is 12.6. The van der Waals surface area contributed by atoms with Gasteiger partial charge in [-0.3, -0.25) is 24.6 Å². The van der Waals surface area contributed by atoms with Crippen molar-refractivity contribution < 1.29 is 31.6 Å². The second-order valence-corrected chi connectivity index (χ2v) is 8.33. The first-order valence-electron chi connectivity index (χ1n) is 8.95. The Hall–Kier alpha value is -1.92. The molecule has 2 bridgehead atoms. The first-order valence-corrected chi connectivity index (χ1v) is 10.3. The first kappa shape index (κ1) is 19.8. The van der Waals surface area contributed by atoms with Crippen molar-refractivity contribution >= 4 is 28.2 Å². The third-order valence-electron chi connectivity index (χ3n) is 5.57. The van der Waals surface area contributed by atoms with E-state index in [1.54, 1.807) is 0 Å². The summed E-state index contributed by atoms with van der Waals surface area (Å²) in [6, 6.07) is -2.22. The summed E-state index contributed by atoms with van der Waals surface area (Å²) in [7, 11) is -3.36. The van der Waals surface area contributed by atoms with Crippen molar-refractivity contribution in [1.82, 2.24) is 20.4 Å². The van der Waals surface area contributed by atoms with Gasteiger partial charge in [-0.05, 0) is 31.6 Å². The molecular formula is C15H24N4O7S. The Morgan fingerprint density at radius 3 is 2.59 bits per heavy atom. The number of carbonyl (C=O) groups is 3. The topological polar surface area (TPSA) is 137 Å². The number of hydrogen-bond donors (Lipinski definition) is 2. The Morgan fingerprint density at radius 1 is 1.33 bits per heavy atom. The molecular weight excluding hydrogens is 380 g/mol. The zero-order valence-electron chi connectivity index (χ0n) is 15.2. The van der Waals surface area contributed by atoms with Crippen LogP contribution in [0.3, 0.4) is 0 Å². The summed E-state index contributed by atoms with van der Waals surface area (Å²) in [5.41, 5.74) is 2.52. The molecule has 1 aliphatic carbocycles. The zero-order valence-corrected chi connectivity index (χ0v) is 16.0. The van der Waals surface area contributed by atoms with Crippen molar-refractivity contribution in [2.24, 2.45) is 11.8 Å². The second kappa shape index (κ2) is 7.24. The van der Waals surface area contributed by atoms with Gasteiger partial charge in [-0.25, -0.2) is 4.79 Å². The summed E-state index contributed by atoms with van der Waals surface area (Å²) >= 11 is 0. The predicted octanol–water partition coefficient (Wildman–Crippen LogP) is -0.0848. The molecule has 12 heteroatoms. The van der Waals surface area contributed by atoms with Crippen LogP contribution in [0.25, 0.3) is 0 Å². The molecule has 0 radical (unpaired) electrons. The van der Waals surface area contributed by atoms with Crippen LogP contribution in [-0.2, 0) is 24.3 Å². The van der Waals surface area contributed by atoms with Crippen LogP contribution in [0, 0.1) is 11.8 Å². The normalized spacial score (nSPS) is 30.1. The summed E-state index contributed by atoms with van der Waals surface area (Å²) in [6.07, 6.45) is 3.27. The molecule has 0 unspecified atom stereocenters. The highest BCUT2D eigenvalue weighted by molar-refractivity contribution is 7.80. The predicted molar refractivity (Wildman–Crippen MR) is 90.8 cm³/mol. The van der Waals surface area contributed by atoms with Gasteiger partial charge in [-0.1, -0.05) is 13.3 Å². The number of hydrazine groups is 1. The number of amides is 4. The zero-order chi connectivity index (χ0) is 19.9. The van der Waals surface area contributed by atoms with Gasteiger partial charge in [-0.2, -0.15) is 13.5 Å². The average molecular weight is 404 g/mol. The Morgan fingerprint density at radius 2 is 2.00 bits per heavy atom. The summed E-state index contributed by atoms with van der Waals surface area (Å²) in [6.45, 7) is 2.18. The van der Waals surface area contributed by atoms with Crippen molar-refractivity contribution in [3.63, 3.8) is 0 Å². The SMILES string of the molecule is CCC1CC(C(=O)N(C)NC(=O)[C@@H]2CC[C@@H]3CN2C(=O)N3OS(=O)(=O)O)C1. The number of urea groups is 1. The summed E-state index contributed by atoms with van der Waals surface area (Å²) < 4.78 is 34.9. The number of piperidine rings is 1. The van der Waals surface area contributed by atoms with Crippen LogP contribution in [0.1, 0.15) is 39.0 Å². The summed E-state index contributed by atoms with van der Waals surface area (Å²) in [5.74, 6) is -0.221. The highest BCUT2D eigenvalue weighted by Crippen LogP contribution is 2.36. The number of fused-ring (bicyclic) bond motifs is 2. The molecule has 2 heterocycles. The van der Waals surface area contributed by atoms with Crippen LogP contribution in [0.15, 0.2) is 0 Å². The van der Waals surface area contributed by atoms with E-state index in [4.69, 9.17) is 4.55 Å². The maximum Gasteiger partial charge on any atom is 0.418 e. The van der Waals surface area contributed by atoms with E-state index in [1.165, 1.54) is 11.9 Å². The van der Waals surface area contributed by atoms with Gasteiger partial charge in [0.05, 0.1) is 6.04 Å². The van der Waals surface area contributed by atoms with Crippen LogP contribution in [0.4, 0.5) is 4.79 Å². The van der Waals surface area contributed by atoms with Gasteiger partial charge in [0.15, 0.2) is 0 Å². The molecule has 27 heavy (non-hydrogen) atoms. The Labute approximate surface area is 157 Å². The second-order valence-electron chi connectivity index (χ2n) is 7.33. The van der Waals surface area contributed by atoms with E-state index in [9.17, 15) is 22.8 Å². The number of hydroxylamine groups is 2. The van der Waals surface area contributed by atoms with Crippen LogP contribution in [0.2, 0.25) is 0 Å². The van der Waals surface area contributed by atoms with E-state index in [1.807, 2.05) is 0 Å². The molecule has 1 saturated carbocycles. The van der Waals surface area contributed by atoms with E-state index < -0.39 is 34.4 Å². The van der Waals surface area contributed by atoms with Gasteiger partial charge in [-0.15, -0.1) is 4.28 Å². The van der Waals surface area contributed by atoms with E-state index in [-0.39, 0.29) is 24.8 Å². The van der Waals surface area contributed by atoms with Crippen molar-refractivity contribution in [2.75, 3.05) is 13.6 Å². The van der Waals surface area contributed by atoms with Gasteiger partial charge in [0.2, 0.25) is 5.91 Å². The molecule has 152 valence electrons. The van der Waals surface area contributed by atoms with E-state index >= 15 is 0 Å². The summed E-state index contributed by atoms with van der Waals surface area (Å²) in [4.78, 5) is 38.4. The van der Waals surface area contributed by atoms with Gasteiger partial charge in [0, 0.05) is 19.5 Å². The van der Waals surface area contributed by atoms with Crippen molar-refractivity contribution in [2.45, 2.75) is 51.1 Å². The number of rotatable bonds is 5. The molecule has 3 fully saturated rings. The highest BCUT2D eigenvalue weighted by Gasteiger charge is 2.49. The summed E-state index contributed by atoms with van der Waals surface area (Å²) in [5, 5.41) is 1.74. The lowest BCUT2D eigenvalue weighted by atomic mass is 9.73. The van der Waals surface area contributed by atoms with Crippen molar-refractivity contribution in [3.8, 4) is 0 Å². The molecule has 0 aromatic heterocycles. The number of hydrogen-bond acceptors (Lipinski definition) is 6. The lowest BCUT2D eigenvalue weighted by molar-refractivity contribution is -0.148. The van der Waals surface area contributed by atoms with E-state index in [0.717, 1.165) is 24.3 Å². The molecule has 0 aromatic carbocycles. The fourth-order valence-electron chi connectivity index (χ4n) is 3.94. The first-order chi connectivity index (χ1) is 12.6. The largest absolute Gasteiger partial charge is 0.418 e. The Bertz CT molecular complexity index is 736. The molecule has 0 spiro atoms. The van der Waals surface area contributed by atoms with Crippen molar-refractivity contribution in [1.29, 1.82) is 0 Å². The average Bonchev–Trinajstić information content (AvgIpc) is 2.77. The Balaban J connectivity index is 1.58. The van der Waals surface area contributed by atoms with E-state index in [0.29, 0.717) is 17.4 Å². The minimum atomic E-state index is -4.83. The van der Waals surface area contributed by atoms with Crippen LogP contribution in [0.5, 0.6) is 0 Å². The molecule has 2 N–H and O–H groups in total. The maximum atomic E-state index is 12.6. The number of nitrogens with zero attached hydrogens (tertiary/aromatic N) is 3. The van der Waals surface area contributed by atoms with Crippen molar-refractivity contribution in [3.05, 3.63) is 0 Å². The van der Waals surface area contributed by atoms with Gasteiger partial charge in [0.25, 0.3) is 5.91 Å². The third kappa shape index (κ3) is 4.01. The van der Waals surface area contributed by atoms with Crippen LogP contribution in [-0.4, -0.2) is 71.5 Å². The number of nitrogens with one attached hydrogen (secondary N) is 1. The van der Waals surface area contributed by atoms with Crippen LogP contribution >= 0.6 is 0 Å². The third-order valence-corrected chi connectivity index (χ3v) is 5.92. The standard InChI is InChI=1S/C15H24N4O7S/c1-3-9-6-10(7-9)14(21)17(2)16-13(20)12-5-4-11-8-18(12)15(22)19(11)26-27(23,24)25/h9-12H,3-8H2,1-2H3,(H,16,20)(H,23,24,25)/t9?,10?,11-,12+/m1/s1. The molecule has 0 aromatic rings. The monoisotopic (exact) mass is 404 g/mol. The smallest absolute Gasteiger partial charge is 0.309 e. The van der Waals surface area contributed by atoms with Crippen LogP contribution < -0.4 is 5.43 Å². The molecule has 2 aliphatic heterocycles. The number of carbonyl (C=O) groups excluding carboxylic acids is 3. The lowest BCUT2D eigenvalue weighted by Gasteiger charge is -2.37. The quantitative estimate of drug-likeness (QED) is 0.483. The van der Waals surface area contributed by atoms with Gasteiger partial charge < -0.3 is 4.90 Å². The van der Waals surface area contributed by atoms with Gasteiger partial charge in [0.1, 0.15) is 6.04 Å². The van der Waals surface area contributed by atoms with E-state index in [2.05, 4.69) is 16.6 Å². The minimum absolute atomic E-state index is 0.0944.